The number of carbonyl (C=O) groups is 2. The molecular weight excluding hydrogens is 300 g/mol. The highest BCUT2D eigenvalue weighted by Gasteiger charge is 2.34. The normalized spacial score (nSPS) is 16.6. The summed E-state index contributed by atoms with van der Waals surface area (Å²) >= 11 is 0. The van der Waals surface area contributed by atoms with Crippen LogP contribution in [0.25, 0.3) is 0 Å². The lowest BCUT2D eigenvalue weighted by molar-refractivity contribution is -0.117. The van der Waals surface area contributed by atoms with E-state index < -0.39 is 59.9 Å². The Hall–Kier alpha value is -2.18. The maximum Gasteiger partial charge on any atom is 0.269 e. The van der Waals surface area contributed by atoms with Gasteiger partial charge in [-0.05, 0) is 0 Å². The van der Waals surface area contributed by atoms with Gasteiger partial charge in [0, 0.05) is 0 Å². The van der Waals surface area contributed by atoms with Crippen LogP contribution in [0.1, 0.15) is 32.8 Å². The van der Waals surface area contributed by atoms with Crippen molar-refractivity contribution in [3.05, 3.63) is 23.3 Å². The maximum atomic E-state index is 11.2. The average Bonchev–Trinajstić information content (AvgIpc) is 2.50. The smallest absolute Gasteiger partial charge is 0.269 e. The molecular formula is C11H16N4O7. The zero-order valence-electron chi connectivity index (χ0n) is 11.2. The summed E-state index contributed by atoms with van der Waals surface area (Å²) in [6.45, 7) is -0.888. The fourth-order valence-corrected chi connectivity index (χ4v) is 1.60. The van der Waals surface area contributed by atoms with Gasteiger partial charge >= 0.3 is 0 Å². The first-order chi connectivity index (χ1) is 10.2. The lowest BCUT2D eigenvalue weighted by Crippen LogP contribution is -2.43. The minimum Gasteiger partial charge on any atom is -0.394 e. The molecule has 9 N–H and O–H groups in total. The number of aliphatic hydroxyl groups is 5. The fraction of sp³-hybridized carbons (Fsp3) is 0.455. The van der Waals surface area contributed by atoms with E-state index in [2.05, 4.69) is 9.97 Å². The van der Waals surface area contributed by atoms with Crippen LogP contribution in [0.15, 0.2) is 6.20 Å². The summed E-state index contributed by atoms with van der Waals surface area (Å²) in [5.74, 6) is -2.12. The van der Waals surface area contributed by atoms with Gasteiger partial charge in [-0.25, -0.2) is 9.97 Å². The van der Waals surface area contributed by atoms with Crippen molar-refractivity contribution >= 4 is 11.8 Å². The summed E-state index contributed by atoms with van der Waals surface area (Å²) in [6.07, 6.45) is -6.93. The van der Waals surface area contributed by atoms with E-state index in [9.17, 15) is 30.0 Å². The largest absolute Gasteiger partial charge is 0.394 e. The number of aliphatic hydroxyl groups excluding tert-OH is 5. The van der Waals surface area contributed by atoms with E-state index in [1.54, 1.807) is 0 Å². The first kappa shape index (κ1) is 17.9. The second-order valence-electron chi connectivity index (χ2n) is 4.39. The van der Waals surface area contributed by atoms with Gasteiger partial charge in [0.25, 0.3) is 11.8 Å². The van der Waals surface area contributed by atoms with E-state index in [0.29, 0.717) is 0 Å². The van der Waals surface area contributed by atoms with Crippen LogP contribution in [0.4, 0.5) is 0 Å². The van der Waals surface area contributed by atoms with Crippen LogP contribution in [0.3, 0.4) is 0 Å². The Morgan fingerprint density at radius 3 is 2.14 bits per heavy atom. The summed E-state index contributed by atoms with van der Waals surface area (Å²) in [4.78, 5) is 29.4. The number of primary amides is 2. The van der Waals surface area contributed by atoms with Crippen molar-refractivity contribution in [3.63, 3.8) is 0 Å². The van der Waals surface area contributed by atoms with Crippen LogP contribution < -0.4 is 11.5 Å². The molecule has 4 atom stereocenters. The van der Waals surface area contributed by atoms with Crippen molar-refractivity contribution in [3.8, 4) is 0 Å². The Bertz CT molecular complexity index is 567. The van der Waals surface area contributed by atoms with Crippen molar-refractivity contribution in [2.45, 2.75) is 24.4 Å². The van der Waals surface area contributed by atoms with Gasteiger partial charge in [-0.15, -0.1) is 0 Å². The van der Waals surface area contributed by atoms with Crippen molar-refractivity contribution in [2.75, 3.05) is 6.61 Å². The zero-order valence-corrected chi connectivity index (χ0v) is 11.2. The highest BCUT2D eigenvalue weighted by molar-refractivity contribution is 5.94. The van der Waals surface area contributed by atoms with E-state index >= 15 is 0 Å². The molecule has 0 aliphatic rings. The number of carbonyl (C=O) groups excluding carboxylic acids is 2. The molecule has 0 aliphatic carbocycles. The molecule has 0 bridgehead atoms. The lowest BCUT2D eigenvalue weighted by atomic mass is 9.99. The van der Waals surface area contributed by atoms with E-state index in [4.69, 9.17) is 16.6 Å². The predicted octanol–water partition coefficient (Wildman–Crippen LogP) is -4.22. The first-order valence-corrected chi connectivity index (χ1v) is 6.00. The average molecular weight is 316 g/mol. The Balaban J connectivity index is 3.24. The van der Waals surface area contributed by atoms with Crippen LogP contribution in [0, 0.1) is 0 Å². The Kier molecular flexibility index (Phi) is 5.84. The van der Waals surface area contributed by atoms with E-state index in [1.807, 2.05) is 0 Å². The molecule has 0 unspecified atom stereocenters. The van der Waals surface area contributed by atoms with Gasteiger partial charge in [0.15, 0.2) is 5.69 Å². The van der Waals surface area contributed by atoms with Crippen LogP contribution in [0.2, 0.25) is 0 Å². The number of nitrogens with two attached hydrogens (primary N) is 2. The van der Waals surface area contributed by atoms with Gasteiger partial charge in [-0.3, -0.25) is 9.59 Å². The number of amides is 2. The Morgan fingerprint density at radius 2 is 1.68 bits per heavy atom. The van der Waals surface area contributed by atoms with Gasteiger partial charge in [0.1, 0.15) is 35.8 Å². The molecule has 0 saturated carbocycles. The zero-order chi connectivity index (χ0) is 17.0. The number of aromatic nitrogens is 2. The summed E-state index contributed by atoms with van der Waals surface area (Å²) in [5, 5.41) is 47.2. The highest BCUT2D eigenvalue weighted by Crippen LogP contribution is 2.21. The van der Waals surface area contributed by atoms with Crippen LogP contribution in [-0.4, -0.2) is 72.2 Å². The molecule has 1 heterocycles. The van der Waals surface area contributed by atoms with Crippen molar-refractivity contribution < 1.29 is 35.1 Å². The molecule has 0 spiro atoms. The third-order valence-corrected chi connectivity index (χ3v) is 2.82. The summed E-state index contributed by atoms with van der Waals surface area (Å²) < 4.78 is 0. The maximum absolute atomic E-state index is 11.2. The van der Waals surface area contributed by atoms with Gasteiger partial charge in [-0.1, -0.05) is 0 Å². The predicted molar refractivity (Wildman–Crippen MR) is 69.1 cm³/mol. The molecule has 11 nitrogen and oxygen atoms in total. The molecule has 22 heavy (non-hydrogen) atoms. The van der Waals surface area contributed by atoms with E-state index in [-0.39, 0.29) is 0 Å². The molecule has 0 aromatic carbocycles. The van der Waals surface area contributed by atoms with E-state index in [0.717, 1.165) is 6.20 Å². The van der Waals surface area contributed by atoms with Crippen molar-refractivity contribution in [1.82, 2.24) is 9.97 Å². The molecule has 1 aromatic heterocycles. The Morgan fingerprint density at radius 1 is 1.09 bits per heavy atom. The summed E-state index contributed by atoms with van der Waals surface area (Å²) in [6, 6.07) is 0. The Labute approximate surface area is 123 Å². The third-order valence-electron chi connectivity index (χ3n) is 2.82. The topological polar surface area (TPSA) is 213 Å². The SMILES string of the molecule is NC(=O)c1cnc(C(N)=O)c([C@@H](O)[C@H](O)[C@H](O)[C@H](O)CO)n1. The monoisotopic (exact) mass is 316 g/mol. The molecule has 0 aliphatic heterocycles. The second kappa shape index (κ2) is 7.20. The minimum atomic E-state index is -2.04. The van der Waals surface area contributed by atoms with Gasteiger partial charge in [0.05, 0.1) is 12.8 Å². The number of nitrogens with zero attached hydrogens (tertiary/aromatic N) is 2. The first-order valence-electron chi connectivity index (χ1n) is 6.00. The molecule has 1 aromatic rings. The standard InChI is InChI=1S/C11H16N4O7/c12-10(21)3-1-14-6(11(13)22)5(15-3)8(19)9(20)7(18)4(17)2-16/h1,4,7-9,16-20H,2H2,(H2,12,21)(H2,13,22)/t4-,7-,8-,9-/m1/s1. The lowest BCUT2D eigenvalue weighted by Gasteiger charge is -2.25. The molecule has 1 rings (SSSR count). The third kappa shape index (κ3) is 3.72. The second-order valence-corrected chi connectivity index (χ2v) is 4.39. The highest BCUT2D eigenvalue weighted by atomic mass is 16.4. The molecule has 0 radical (unpaired) electrons. The van der Waals surface area contributed by atoms with Gasteiger partial charge < -0.3 is 37.0 Å². The summed E-state index contributed by atoms with van der Waals surface area (Å²) in [7, 11) is 0. The van der Waals surface area contributed by atoms with Gasteiger partial charge in [0.2, 0.25) is 0 Å². The molecule has 122 valence electrons. The van der Waals surface area contributed by atoms with Crippen LogP contribution >= 0.6 is 0 Å². The quantitative estimate of drug-likeness (QED) is 0.259. The summed E-state index contributed by atoms with van der Waals surface area (Å²) in [5.41, 5.74) is 8.47. The van der Waals surface area contributed by atoms with Crippen molar-refractivity contribution in [2.24, 2.45) is 11.5 Å². The number of hydrogen-bond donors (Lipinski definition) is 7. The fourth-order valence-electron chi connectivity index (χ4n) is 1.60. The van der Waals surface area contributed by atoms with Crippen molar-refractivity contribution in [1.29, 1.82) is 0 Å². The van der Waals surface area contributed by atoms with Gasteiger partial charge in [-0.2, -0.15) is 0 Å². The van der Waals surface area contributed by atoms with Crippen LogP contribution in [-0.2, 0) is 0 Å². The van der Waals surface area contributed by atoms with E-state index in [1.165, 1.54) is 0 Å². The number of hydrogen-bond acceptors (Lipinski definition) is 9. The minimum absolute atomic E-state index is 0.413. The molecule has 0 fully saturated rings. The number of rotatable bonds is 7. The molecule has 2 amide bonds. The molecule has 0 saturated heterocycles. The van der Waals surface area contributed by atoms with Crippen LogP contribution in [0.5, 0.6) is 0 Å². The molecule has 11 heteroatoms.